The van der Waals surface area contributed by atoms with Crippen LogP contribution in [0.5, 0.6) is 11.5 Å². The lowest BCUT2D eigenvalue weighted by molar-refractivity contribution is 0.238. The molecule has 1 fully saturated rings. The second kappa shape index (κ2) is 8.75. The zero-order chi connectivity index (χ0) is 20.2. The van der Waals surface area contributed by atoms with Crippen molar-refractivity contribution < 1.29 is 9.47 Å². The van der Waals surface area contributed by atoms with Crippen molar-refractivity contribution in [3.05, 3.63) is 35.7 Å². The first-order valence-corrected chi connectivity index (χ1v) is 10.6. The molecular weight excluding hydrogens is 408 g/mol. The van der Waals surface area contributed by atoms with Crippen molar-refractivity contribution in [1.82, 2.24) is 25.1 Å². The van der Waals surface area contributed by atoms with Crippen LogP contribution in [0.15, 0.2) is 35.7 Å². The Bertz CT molecular complexity index is 945. The van der Waals surface area contributed by atoms with Gasteiger partial charge in [0.25, 0.3) is 0 Å². The molecule has 1 aromatic carbocycles. The first-order valence-electron chi connectivity index (χ1n) is 9.28. The summed E-state index contributed by atoms with van der Waals surface area (Å²) >= 11 is 7.23. The minimum Gasteiger partial charge on any atom is -0.497 e. The Morgan fingerprint density at radius 2 is 1.90 bits per heavy atom. The number of anilines is 1. The molecule has 0 aliphatic carbocycles. The van der Waals surface area contributed by atoms with Gasteiger partial charge >= 0.3 is 0 Å². The van der Waals surface area contributed by atoms with E-state index in [0.29, 0.717) is 22.4 Å². The Kier molecular flexibility index (Phi) is 5.91. The number of nitrogens with one attached hydrogen (secondary N) is 1. The molecule has 1 aliphatic heterocycles. The lowest BCUT2D eigenvalue weighted by atomic mass is 10.1. The van der Waals surface area contributed by atoms with E-state index in [9.17, 15) is 0 Å². The van der Waals surface area contributed by atoms with Crippen LogP contribution in [0, 0.1) is 0 Å². The van der Waals surface area contributed by atoms with Gasteiger partial charge in [-0.2, -0.15) is 4.80 Å². The fourth-order valence-electron chi connectivity index (χ4n) is 3.27. The third-order valence-electron chi connectivity index (χ3n) is 4.85. The summed E-state index contributed by atoms with van der Waals surface area (Å²) in [6.07, 6.45) is 1.81. The van der Waals surface area contributed by atoms with Gasteiger partial charge in [-0.15, -0.1) is 21.5 Å². The van der Waals surface area contributed by atoms with Gasteiger partial charge in [0.2, 0.25) is 5.82 Å². The molecule has 0 radical (unpaired) electrons. The highest BCUT2D eigenvalue weighted by molar-refractivity contribution is 7.80. The van der Waals surface area contributed by atoms with Gasteiger partial charge in [-0.3, -0.25) is 0 Å². The molecule has 3 aromatic rings. The van der Waals surface area contributed by atoms with Crippen LogP contribution in [0.25, 0.3) is 10.7 Å². The van der Waals surface area contributed by atoms with E-state index >= 15 is 0 Å². The highest BCUT2D eigenvalue weighted by Gasteiger charge is 2.24. The van der Waals surface area contributed by atoms with Crippen LogP contribution in [0.3, 0.4) is 0 Å². The van der Waals surface area contributed by atoms with Crippen LogP contribution < -0.4 is 14.8 Å². The summed E-state index contributed by atoms with van der Waals surface area (Å²) in [5, 5.41) is 19.0. The fraction of sp³-hybridized carbons (Fsp3) is 0.368. The highest BCUT2D eigenvalue weighted by atomic mass is 32.1. The van der Waals surface area contributed by atoms with Gasteiger partial charge in [0.15, 0.2) is 5.11 Å². The molecule has 1 aliphatic rings. The van der Waals surface area contributed by atoms with Crippen LogP contribution in [-0.4, -0.2) is 57.5 Å². The number of aromatic nitrogens is 4. The van der Waals surface area contributed by atoms with Crippen molar-refractivity contribution in [3.8, 4) is 22.2 Å². The maximum atomic E-state index is 5.61. The number of benzene rings is 1. The number of nitrogens with zero attached hydrogens (tertiary/aromatic N) is 5. The molecule has 0 saturated carbocycles. The Balaban J connectivity index is 1.35. The van der Waals surface area contributed by atoms with Crippen LogP contribution in [0.4, 0.5) is 5.69 Å². The summed E-state index contributed by atoms with van der Waals surface area (Å²) in [6, 6.07) is 9.85. The molecule has 10 heteroatoms. The quantitative estimate of drug-likeness (QED) is 0.617. The SMILES string of the molecule is COc1cc(NC(=S)N2CCC(n3nnc(-c4cccs4)n3)CC2)cc(OC)c1. The van der Waals surface area contributed by atoms with Crippen LogP contribution in [-0.2, 0) is 0 Å². The predicted molar refractivity (Wildman–Crippen MR) is 117 cm³/mol. The summed E-state index contributed by atoms with van der Waals surface area (Å²) in [6.45, 7) is 1.65. The molecule has 0 bridgehead atoms. The van der Waals surface area contributed by atoms with Gasteiger partial charge in [0.1, 0.15) is 11.5 Å². The van der Waals surface area contributed by atoms with Gasteiger partial charge in [-0.1, -0.05) is 6.07 Å². The van der Waals surface area contributed by atoms with Crippen molar-refractivity contribution in [2.45, 2.75) is 18.9 Å². The molecule has 29 heavy (non-hydrogen) atoms. The normalized spacial score (nSPS) is 14.6. The van der Waals surface area contributed by atoms with Crippen LogP contribution in [0.2, 0.25) is 0 Å². The molecule has 0 atom stereocenters. The highest BCUT2D eigenvalue weighted by Crippen LogP contribution is 2.27. The summed E-state index contributed by atoms with van der Waals surface area (Å²) < 4.78 is 10.6. The number of thiocarbonyl (C=S) groups is 1. The molecule has 4 rings (SSSR count). The van der Waals surface area contributed by atoms with Crippen molar-refractivity contribution in [3.63, 3.8) is 0 Å². The third kappa shape index (κ3) is 4.48. The van der Waals surface area contributed by atoms with E-state index in [2.05, 4.69) is 25.6 Å². The molecule has 2 aromatic heterocycles. The number of piperidine rings is 1. The lowest BCUT2D eigenvalue weighted by Gasteiger charge is -2.33. The van der Waals surface area contributed by atoms with E-state index in [4.69, 9.17) is 21.7 Å². The minimum atomic E-state index is 0.229. The lowest BCUT2D eigenvalue weighted by Crippen LogP contribution is -2.41. The van der Waals surface area contributed by atoms with Gasteiger partial charge in [-0.05, 0) is 41.7 Å². The number of hydrogen-bond donors (Lipinski definition) is 1. The number of thiophene rings is 1. The average molecular weight is 431 g/mol. The Labute approximate surface area is 178 Å². The number of methoxy groups -OCH3 is 2. The van der Waals surface area contributed by atoms with Crippen molar-refractivity contribution in [1.29, 1.82) is 0 Å². The van der Waals surface area contributed by atoms with Crippen LogP contribution in [0.1, 0.15) is 18.9 Å². The maximum Gasteiger partial charge on any atom is 0.214 e. The first kappa shape index (κ1) is 19.6. The van der Waals surface area contributed by atoms with Gasteiger partial charge in [0.05, 0.1) is 25.1 Å². The first-order chi connectivity index (χ1) is 14.2. The molecule has 0 unspecified atom stereocenters. The van der Waals surface area contributed by atoms with E-state index in [1.165, 1.54) is 0 Å². The van der Waals surface area contributed by atoms with Gasteiger partial charge in [-0.25, -0.2) is 0 Å². The average Bonchev–Trinajstić information content (AvgIpc) is 3.45. The summed E-state index contributed by atoms with van der Waals surface area (Å²) in [5.74, 6) is 2.12. The molecule has 3 heterocycles. The number of ether oxygens (including phenoxy) is 2. The Hall–Kier alpha value is -2.72. The fourth-order valence-corrected chi connectivity index (χ4v) is 4.21. The van der Waals surface area contributed by atoms with Crippen molar-refractivity contribution >= 4 is 34.4 Å². The number of tetrazole rings is 1. The molecule has 0 amide bonds. The number of likely N-dealkylation sites (tertiary alicyclic amines) is 1. The largest absolute Gasteiger partial charge is 0.497 e. The van der Waals surface area contributed by atoms with Crippen LogP contribution >= 0.6 is 23.6 Å². The van der Waals surface area contributed by atoms with E-state index in [1.807, 2.05) is 35.7 Å². The zero-order valence-corrected chi connectivity index (χ0v) is 17.9. The molecular formula is C19H22N6O2S2. The predicted octanol–water partition coefficient (Wildman–Crippen LogP) is 3.45. The van der Waals surface area contributed by atoms with Crippen molar-refractivity contribution in [2.24, 2.45) is 0 Å². The van der Waals surface area contributed by atoms with Gasteiger partial charge < -0.3 is 19.7 Å². The van der Waals surface area contributed by atoms with Gasteiger partial charge in [0, 0.05) is 37.0 Å². The topological polar surface area (TPSA) is 77.3 Å². The summed E-state index contributed by atoms with van der Waals surface area (Å²) in [7, 11) is 3.26. The molecule has 1 N–H and O–H groups in total. The second-order valence-corrected chi connectivity index (χ2v) is 7.99. The monoisotopic (exact) mass is 430 g/mol. The number of rotatable bonds is 5. The molecule has 1 saturated heterocycles. The Morgan fingerprint density at radius 3 is 2.52 bits per heavy atom. The standard InChI is InChI=1S/C19H22N6O2S2/c1-26-15-10-13(11-16(12-15)27-2)20-19(28)24-7-5-14(6-8-24)25-22-18(21-23-25)17-4-3-9-29-17/h3-4,9-12,14H,5-8H2,1-2H3,(H,20,28). The summed E-state index contributed by atoms with van der Waals surface area (Å²) in [5.41, 5.74) is 0.840. The number of hydrogen-bond acceptors (Lipinski definition) is 7. The molecule has 152 valence electrons. The minimum absolute atomic E-state index is 0.229. The second-order valence-electron chi connectivity index (χ2n) is 6.66. The maximum absolute atomic E-state index is 5.61. The van der Waals surface area contributed by atoms with E-state index in [0.717, 1.165) is 36.5 Å². The molecule has 8 nitrogen and oxygen atoms in total. The van der Waals surface area contributed by atoms with E-state index in [1.54, 1.807) is 30.4 Å². The Morgan fingerprint density at radius 1 is 1.17 bits per heavy atom. The van der Waals surface area contributed by atoms with E-state index < -0.39 is 0 Å². The molecule has 0 spiro atoms. The smallest absolute Gasteiger partial charge is 0.214 e. The third-order valence-corrected chi connectivity index (χ3v) is 6.08. The zero-order valence-electron chi connectivity index (χ0n) is 16.2. The summed E-state index contributed by atoms with van der Waals surface area (Å²) in [4.78, 5) is 4.94. The van der Waals surface area contributed by atoms with E-state index in [-0.39, 0.29) is 6.04 Å². The van der Waals surface area contributed by atoms with Crippen molar-refractivity contribution in [2.75, 3.05) is 32.6 Å².